The van der Waals surface area contributed by atoms with Crippen LogP contribution >= 0.6 is 0 Å². The molecule has 0 saturated heterocycles. The molecule has 0 fully saturated rings. The van der Waals surface area contributed by atoms with Crippen molar-refractivity contribution in [3.63, 3.8) is 0 Å². The molecule has 0 aromatic carbocycles. The summed E-state index contributed by atoms with van der Waals surface area (Å²) in [7, 11) is 1.98. The van der Waals surface area contributed by atoms with Gasteiger partial charge in [-0.25, -0.2) is 0 Å². The van der Waals surface area contributed by atoms with Crippen LogP contribution < -0.4 is 0 Å². The molecule has 0 aliphatic rings. The molecule has 0 rings (SSSR count). The van der Waals surface area contributed by atoms with E-state index < -0.39 is 8.80 Å². The Bertz CT molecular complexity index is 220. The molecule has 0 saturated carbocycles. The van der Waals surface area contributed by atoms with Gasteiger partial charge in [0.15, 0.2) is 0 Å². The molecule has 0 radical (unpaired) electrons. The molecule has 0 aliphatic carbocycles. The molecular formula is C15H36NO3Si+. The van der Waals surface area contributed by atoms with Gasteiger partial charge in [-0.15, -0.1) is 0 Å². The Morgan fingerprint density at radius 3 is 1.65 bits per heavy atom. The van der Waals surface area contributed by atoms with Gasteiger partial charge in [0.2, 0.25) is 0 Å². The summed E-state index contributed by atoms with van der Waals surface area (Å²) in [5.74, 6) is 0. The van der Waals surface area contributed by atoms with Crippen LogP contribution in [0.2, 0.25) is 0 Å². The molecule has 0 heterocycles. The predicted molar refractivity (Wildman–Crippen MR) is 86.6 cm³/mol. The summed E-state index contributed by atoms with van der Waals surface area (Å²) in [5.41, 5.74) is 0. The van der Waals surface area contributed by atoms with E-state index in [4.69, 9.17) is 13.3 Å². The number of hydrogen-bond acceptors (Lipinski definition) is 3. The predicted octanol–water partition coefficient (Wildman–Crippen LogP) is 3.23. The van der Waals surface area contributed by atoms with Gasteiger partial charge >= 0.3 is 8.80 Å². The largest absolute Gasteiger partial charge is 0.559 e. The molecule has 0 N–H and O–H groups in total. The fourth-order valence-electron chi connectivity index (χ4n) is 2.49. The second-order valence-electron chi connectivity index (χ2n) is 5.86. The summed E-state index contributed by atoms with van der Waals surface area (Å²) in [6.45, 7) is 11.4. The minimum Gasteiger partial charge on any atom is -0.370 e. The monoisotopic (exact) mass is 306 g/mol. The molecule has 4 nitrogen and oxygen atoms in total. The summed E-state index contributed by atoms with van der Waals surface area (Å²) in [4.78, 5) is 0. The second kappa shape index (κ2) is 10.7. The fourth-order valence-corrected chi connectivity index (χ4v) is 5.54. The minimum atomic E-state index is -2.53. The van der Waals surface area contributed by atoms with E-state index in [2.05, 4.69) is 21.0 Å². The van der Waals surface area contributed by atoms with Crippen molar-refractivity contribution in [2.75, 3.05) is 46.6 Å². The first-order chi connectivity index (χ1) is 9.45. The first-order valence-electron chi connectivity index (χ1n) is 8.19. The first-order valence-corrected chi connectivity index (χ1v) is 10.1. The van der Waals surface area contributed by atoms with Gasteiger partial charge in [-0.05, 0) is 33.6 Å². The van der Waals surface area contributed by atoms with Crippen LogP contribution in [0.3, 0.4) is 0 Å². The third kappa shape index (κ3) is 8.37. The van der Waals surface area contributed by atoms with E-state index in [0.29, 0.717) is 19.8 Å². The van der Waals surface area contributed by atoms with E-state index in [9.17, 15) is 0 Å². The summed E-state index contributed by atoms with van der Waals surface area (Å²) < 4.78 is 18.8. The van der Waals surface area contributed by atoms with Crippen LogP contribution in [-0.4, -0.2) is 59.9 Å². The zero-order valence-electron chi connectivity index (χ0n) is 14.5. The van der Waals surface area contributed by atoms with Gasteiger partial charge in [0.25, 0.3) is 0 Å². The highest BCUT2D eigenvalue weighted by molar-refractivity contribution is 6.60. The van der Waals surface area contributed by atoms with Crippen LogP contribution in [0.25, 0.3) is 0 Å². The second-order valence-corrected chi connectivity index (χ2v) is 8.41. The summed E-state index contributed by atoms with van der Waals surface area (Å²) in [5, 5.41) is 0. The van der Waals surface area contributed by atoms with Crippen LogP contribution in [0.4, 0.5) is 0 Å². The summed E-state index contributed by atoms with van der Waals surface area (Å²) in [6, 6.07) is 0. The molecule has 0 aromatic heterocycles. The Kier molecular flexibility index (Phi) is 10.8. The van der Waals surface area contributed by atoms with Crippen molar-refractivity contribution in [1.29, 1.82) is 0 Å². The Morgan fingerprint density at radius 2 is 1.25 bits per heavy atom. The quantitative estimate of drug-likeness (QED) is 0.297. The number of rotatable bonds is 13. The van der Waals surface area contributed by atoms with Crippen LogP contribution in [0.15, 0.2) is 0 Å². The Hall–Kier alpha value is 0.0569. The zero-order valence-corrected chi connectivity index (χ0v) is 15.5. The molecule has 0 aliphatic heterocycles. The van der Waals surface area contributed by atoms with Crippen molar-refractivity contribution in [3.8, 4) is 0 Å². The molecule has 122 valence electrons. The van der Waals surface area contributed by atoms with E-state index in [-0.39, 0.29) is 0 Å². The van der Waals surface area contributed by atoms with Gasteiger partial charge in [-0.2, -0.15) is 0 Å². The molecule has 5 heteroatoms. The van der Waals surface area contributed by atoms with E-state index in [1.807, 2.05) is 20.8 Å². The first kappa shape index (κ1) is 20.1. The van der Waals surface area contributed by atoms with Gasteiger partial charge in [-0.3, -0.25) is 0 Å². The highest BCUT2D eigenvalue weighted by Gasteiger charge is 2.47. The van der Waals surface area contributed by atoms with Crippen molar-refractivity contribution in [2.24, 2.45) is 0 Å². The van der Waals surface area contributed by atoms with E-state index in [0.717, 1.165) is 17.2 Å². The molecule has 0 aromatic rings. The van der Waals surface area contributed by atoms with Crippen molar-refractivity contribution >= 4 is 8.80 Å². The maximum atomic E-state index is 5.95. The van der Waals surface area contributed by atoms with Gasteiger partial charge in [-0.1, -0.05) is 19.8 Å². The molecular weight excluding hydrogens is 270 g/mol. The van der Waals surface area contributed by atoms with Crippen LogP contribution in [0.5, 0.6) is 0 Å². The lowest BCUT2D eigenvalue weighted by Crippen LogP contribution is -2.60. The van der Waals surface area contributed by atoms with Gasteiger partial charge in [0.1, 0.15) is 6.17 Å². The van der Waals surface area contributed by atoms with E-state index in [1.165, 1.54) is 25.7 Å². The van der Waals surface area contributed by atoms with E-state index >= 15 is 0 Å². The maximum Gasteiger partial charge on any atom is 0.559 e. The summed E-state index contributed by atoms with van der Waals surface area (Å²) in [6.07, 6.45) is 6.03. The molecule has 0 amide bonds. The number of quaternary nitrogens is 1. The SMILES string of the molecule is CCCCCC[N+](C)(C)C[Si](OCC)(OCC)OCC. The highest BCUT2D eigenvalue weighted by Crippen LogP contribution is 2.16. The number of unbranched alkanes of at least 4 members (excludes halogenated alkanes) is 3. The van der Waals surface area contributed by atoms with Crippen molar-refractivity contribution in [1.82, 2.24) is 0 Å². The van der Waals surface area contributed by atoms with Gasteiger partial charge < -0.3 is 17.8 Å². The lowest BCUT2D eigenvalue weighted by Gasteiger charge is -2.37. The van der Waals surface area contributed by atoms with Gasteiger partial charge in [0, 0.05) is 19.8 Å². The molecule has 20 heavy (non-hydrogen) atoms. The van der Waals surface area contributed by atoms with Crippen molar-refractivity contribution < 1.29 is 17.8 Å². The third-order valence-electron chi connectivity index (χ3n) is 3.33. The van der Waals surface area contributed by atoms with Crippen molar-refractivity contribution in [3.05, 3.63) is 0 Å². The maximum absolute atomic E-state index is 5.95. The smallest absolute Gasteiger partial charge is 0.370 e. The zero-order chi connectivity index (χ0) is 15.5. The van der Waals surface area contributed by atoms with Gasteiger partial charge in [0.05, 0.1) is 20.6 Å². The normalized spacial score (nSPS) is 12.9. The lowest BCUT2D eigenvalue weighted by atomic mass is 10.2. The van der Waals surface area contributed by atoms with Crippen LogP contribution in [-0.2, 0) is 13.3 Å². The lowest BCUT2D eigenvalue weighted by molar-refractivity contribution is -0.883. The van der Waals surface area contributed by atoms with Crippen molar-refractivity contribution in [2.45, 2.75) is 53.4 Å². The third-order valence-corrected chi connectivity index (χ3v) is 6.76. The highest BCUT2D eigenvalue weighted by atomic mass is 28.4. The Labute approximate surface area is 127 Å². The number of hydrogen-bond donors (Lipinski definition) is 0. The molecule has 0 bridgehead atoms. The van der Waals surface area contributed by atoms with Crippen LogP contribution in [0, 0.1) is 0 Å². The molecule has 0 atom stereocenters. The van der Waals surface area contributed by atoms with E-state index in [1.54, 1.807) is 0 Å². The molecule has 0 spiro atoms. The average molecular weight is 307 g/mol. The topological polar surface area (TPSA) is 27.7 Å². The minimum absolute atomic E-state index is 0.655. The fraction of sp³-hybridized carbons (Fsp3) is 1.00. The Morgan fingerprint density at radius 1 is 0.750 bits per heavy atom. The average Bonchev–Trinajstić information content (AvgIpc) is 2.35. The standard InChI is InChI=1S/C15H36NO3Si/c1-7-11-12-13-14-16(5,6)15-20(17-8-2,18-9-3)19-10-4/h7-15H2,1-6H3/q+1. The number of nitrogens with zero attached hydrogens (tertiary/aromatic N) is 1. The van der Waals surface area contributed by atoms with Crippen LogP contribution in [0.1, 0.15) is 53.4 Å². The molecule has 0 unspecified atom stereocenters. The summed E-state index contributed by atoms with van der Waals surface area (Å²) >= 11 is 0. The Balaban J connectivity index is 4.57.